The van der Waals surface area contributed by atoms with Crippen molar-refractivity contribution in [2.75, 3.05) is 5.32 Å². The summed E-state index contributed by atoms with van der Waals surface area (Å²) in [7, 11) is 0. The van der Waals surface area contributed by atoms with Gasteiger partial charge in [-0.3, -0.25) is 14.8 Å². The van der Waals surface area contributed by atoms with E-state index in [2.05, 4.69) is 44.7 Å². The number of amides is 1. The van der Waals surface area contributed by atoms with E-state index in [1.54, 1.807) is 12.1 Å². The lowest BCUT2D eigenvalue weighted by molar-refractivity contribution is 0.102. The average molecular weight is 318 g/mol. The molecule has 0 bridgehead atoms. The molecule has 1 aliphatic rings. The molecule has 0 saturated heterocycles. The highest BCUT2D eigenvalue weighted by atomic mass is 16.1. The molecule has 0 saturated carbocycles. The molecule has 0 fully saturated rings. The van der Waals surface area contributed by atoms with Gasteiger partial charge in [-0.25, -0.2) is 0 Å². The molecule has 2 aromatic carbocycles. The van der Waals surface area contributed by atoms with Crippen LogP contribution in [0.15, 0.2) is 60.7 Å². The first-order valence-electron chi connectivity index (χ1n) is 7.98. The Labute approximate surface area is 140 Å². The Hall–Kier alpha value is -2.92. The zero-order valence-corrected chi connectivity index (χ0v) is 13.2. The molecule has 1 aromatic heterocycles. The van der Waals surface area contributed by atoms with Gasteiger partial charge in [0.05, 0.1) is 5.69 Å². The lowest BCUT2D eigenvalue weighted by Crippen LogP contribution is -2.17. The number of H-pyrrole nitrogens is 1. The van der Waals surface area contributed by atoms with Crippen LogP contribution in [-0.4, -0.2) is 21.0 Å². The standard InChI is InChI=1S/C19H18N4O/c24-19(15-9-5-2-6-10-15)20-18-16-12-23(13-17(16)21-22-18)11-14-7-3-1-4-8-14/h1-10H,11-13H2,(H2,20,21,22,24). The fourth-order valence-corrected chi connectivity index (χ4v) is 3.03. The lowest BCUT2D eigenvalue weighted by atomic mass is 10.2. The molecule has 0 aliphatic carbocycles. The van der Waals surface area contributed by atoms with E-state index in [4.69, 9.17) is 0 Å². The zero-order chi connectivity index (χ0) is 16.4. The number of nitrogens with one attached hydrogen (secondary N) is 2. The van der Waals surface area contributed by atoms with E-state index >= 15 is 0 Å². The van der Waals surface area contributed by atoms with E-state index in [9.17, 15) is 4.79 Å². The van der Waals surface area contributed by atoms with Crippen molar-refractivity contribution in [1.82, 2.24) is 15.1 Å². The van der Waals surface area contributed by atoms with Crippen molar-refractivity contribution in [3.05, 3.63) is 83.0 Å². The van der Waals surface area contributed by atoms with Crippen molar-refractivity contribution >= 4 is 11.7 Å². The first-order valence-corrected chi connectivity index (χ1v) is 7.98. The summed E-state index contributed by atoms with van der Waals surface area (Å²) in [5, 5.41) is 10.2. The van der Waals surface area contributed by atoms with Crippen LogP contribution in [0.5, 0.6) is 0 Å². The van der Waals surface area contributed by atoms with Gasteiger partial charge in [0.25, 0.3) is 5.91 Å². The monoisotopic (exact) mass is 318 g/mol. The van der Waals surface area contributed by atoms with E-state index in [-0.39, 0.29) is 5.91 Å². The number of aromatic nitrogens is 2. The minimum atomic E-state index is -0.122. The van der Waals surface area contributed by atoms with Crippen LogP contribution in [0.4, 0.5) is 5.82 Å². The van der Waals surface area contributed by atoms with Crippen molar-refractivity contribution in [3.63, 3.8) is 0 Å². The van der Waals surface area contributed by atoms with Gasteiger partial charge in [0.2, 0.25) is 0 Å². The molecule has 5 heteroatoms. The molecule has 4 rings (SSSR count). The van der Waals surface area contributed by atoms with Crippen molar-refractivity contribution in [3.8, 4) is 0 Å². The van der Waals surface area contributed by atoms with Gasteiger partial charge in [-0.05, 0) is 17.7 Å². The highest BCUT2D eigenvalue weighted by Gasteiger charge is 2.26. The molecular weight excluding hydrogens is 300 g/mol. The van der Waals surface area contributed by atoms with Crippen molar-refractivity contribution in [2.45, 2.75) is 19.6 Å². The van der Waals surface area contributed by atoms with Crippen LogP contribution in [0.2, 0.25) is 0 Å². The zero-order valence-electron chi connectivity index (χ0n) is 13.2. The first-order chi connectivity index (χ1) is 11.8. The maximum atomic E-state index is 12.3. The van der Waals surface area contributed by atoms with Crippen LogP contribution in [-0.2, 0) is 19.6 Å². The summed E-state index contributed by atoms with van der Waals surface area (Å²) >= 11 is 0. The second-order valence-corrected chi connectivity index (χ2v) is 5.97. The molecular formula is C19H18N4O. The third-order valence-electron chi connectivity index (χ3n) is 4.23. The molecule has 24 heavy (non-hydrogen) atoms. The van der Waals surface area contributed by atoms with Crippen LogP contribution in [0.1, 0.15) is 27.2 Å². The van der Waals surface area contributed by atoms with Crippen molar-refractivity contribution in [2.24, 2.45) is 0 Å². The maximum absolute atomic E-state index is 12.3. The van der Waals surface area contributed by atoms with Crippen LogP contribution < -0.4 is 5.32 Å². The molecule has 1 aliphatic heterocycles. The van der Waals surface area contributed by atoms with Crippen LogP contribution in [0.25, 0.3) is 0 Å². The van der Waals surface area contributed by atoms with Gasteiger partial charge in [0.15, 0.2) is 0 Å². The normalized spacial score (nSPS) is 13.7. The molecule has 0 spiro atoms. The topological polar surface area (TPSA) is 61.0 Å². The molecule has 0 unspecified atom stereocenters. The number of carbonyl (C=O) groups excluding carboxylic acids is 1. The molecule has 120 valence electrons. The van der Waals surface area contributed by atoms with Gasteiger partial charge < -0.3 is 5.32 Å². The summed E-state index contributed by atoms with van der Waals surface area (Å²) in [5.41, 5.74) is 4.01. The van der Waals surface area contributed by atoms with Crippen molar-refractivity contribution in [1.29, 1.82) is 0 Å². The Morgan fingerprint density at radius 2 is 1.75 bits per heavy atom. The fraction of sp³-hybridized carbons (Fsp3) is 0.158. The molecule has 5 nitrogen and oxygen atoms in total. The van der Waals surface area contributed by atoms with Gasteiger partial charge >= 0.3 is 0 Å². The summed E-state index contributed by atoms with van der Waals surface area (Å²) in [6, 6.07) is 19.6. The molecule has 0 atom stereocenters. The van der Waals surface area contributed by atoms with Gasteiger partial charge in [0.1, 0.15) is 5.82 Å². The summed E-state index contributed by atoms with van der Waals surface area (Å²) in [5.74, 6) is 0.581. The molecule has 2 heterocycles. The summed E-state index contributed by atoms with van der Waals surface area (Å²) in [6.45, 7) is 2.45. The lowest BCUT2D eigenvalue weighted by Gasteiger charge is -2.15. The van der Waals surface area contributed by atoms with Crippen LogP contribution >= 0.6 is 0 Å². The quantitative estimate of drug-likeness (QED) is 0.777. The van der Waals surface area contributed by atoms with E-state index in [0.717, 1.165) is 30.9 Å². The van der Waals surface area contributed by atoms with E-state index < -0.39 is 0 Å². The van der Waals surface area contributed by atoms with E-state index in [0.29, 0.717) is 11.4 Å². The number of nitrogens with zero attached hydrogens (tertiary/aromatic N) is 2. The van der Waals surface area contributed by atoms with Crippen LogP contribution in [0.3, 0.4) is 0 Å². The minimum absolute atomic E-state index is 0.122. The van der Waals surface area contributed by atoms with Gasteiger partial charge in [0, 0.05) is 30.8 Å². The maximum Gasteiger partial charge on any atom is 0.256 e. The van der Waals surface area contributed by atoms with E-state index in [1.807, 2.05) is 24.3 Å². The Kier molecular flexibility index (Phi) is 3.84. The van der Waals surface area contributed by atoms with Crippen LogP contribution in [0, 0.1) is 0 Å². The molecule has 0 radical (unpaired) electrons. The smallest absolute Gasteiger partial charge is 0.256 e. The number of carbonyl (C=O) groups is 1. The van der Waals surface area contributed by atoms with E-state index in [1.165, 1.54) is 5.56 Å². The highest BCUT2D eigenvalue weighted by Crippen LogP contribution is 2.28. The number of hydrogen-bond acceptors (Lipinski definition) is 3. The third-order valence-corrected chi connectivity index (χ3v) is 4.23. The molecule has 1 amide bonds. The highest BCUT2D eigenvalue weighted by molar-refractivity contribution is 6.04. The number of anilines is 1. The molecule has 3 aromatic rings. The SMILES string of the molecule is O=C(Nc1[nH]nc2c1CN(Cc1ccccc1)C2)c1ccccc1. The third kappa shape index (κ3) is 2.94. The summed E-state index contributed by atoms with van der Waals surface area (Å²) in [4.78, 5) is 14.6. The minimum Gasteiger partial charge on any atom is -0.307 e. The average Bonchev–Trinajstić information content (AvgIpc) is 3.18. The Morgan fingerprint density at radius 3 is 2.50 bits per heavy atom. The van der Waals surface area contributed by atoms with Gasteiger partial charge in [-0.2, -0.15) is 5.10 Å². The van der Waals surface area contributed by atoms with Crippen molar-refractivity contribution < 1.29 is 4.79 Å². The largest absolute Gasteiger partial charge is 0.307 e. The number of rotatable bonds is 4. The number of aromatic amines is 1. The van der Waals surface area contributed by atoms with Gasteiger partial charge in [-0.15, -0.1) is 0 Å². The first kappa shape index (κ1) is 14.7. The molecule has 2 N–H and O–H groups in total. The predicted molar refractivity (Wildman–Crippen MR) is 92.4 cm³/mol. The number of hydrogen-bond donors (Lipinski definition) is 2. The second-order valence-electron chi connectivity index (χ2n) is 5.97. The number of fused-ring (bicyclic) bond motifs is 1. The predicted octanol–water partition coefficient (Wildman–Crippen LogP) is 3.18. The number of benzene rings is 2. The fourth-order valence-electron chi connectivity index (χ4n) is 3.03. The Morgan fingerprint density at radius 1 is 1.04 bits per heavy atom. The Balaban J connectivity index is 1.46. The second kappa shape index (κ2) is 6.29. The Bertz CT molecular complexity index is 842. The summed E-state index contributed by atoms with van der Waals surface area (Å²) in [6.07, 6.45) is 0. The van der Waals surface area contributed by atoms with Gasteiger partial charge in [-0.1, -0.05) is 48.5 Å². The summed E-state index contributed by atoms with van der Waals surface area (Å²) < 4.78 is 0.